The fourth-order valence-electron chi connectivity index (χ4n) is 3.14. The minimum Gasteiger partial charge on any atom is -0.498 e. The van der Waals surface area contributed by atoms with Crippen molar-refractivity contribution in [3.05, 3.63) is 45.6 Å². The lowest BCUT2D eigenvalue weighted by Crippen LogP contribution is -2.04. The Morgan fingerprint density at radius 3 is 2.45 bits per heavy atom. The number of hydrogen-bond donors (Lipinski definition) is 2. The van der Waals surface area contributed by atoms with E-state index in [0.29, 0.717) is 0 Å². The van der Waals surface area contributed by atoms with Gasteiger partial charge in [-0.1, -0.05) is 31.4 Å². The van der Waals surface area contributed by atoms with Crippen molar-refractivity contribution in [3.8, 4) is 0 Å². The molecule has 3 rings (SSSR count). The number of rotatable bonds is 4. The molecule has 1 aliphatic carbocycles. The average molecular weight is 332 g/mol. The molecule has 0 radical (unpaired) electrons. The van der Waals surface area contributed by atoms with E-state index < -0.39 is 0 Å². The summed E-state index contributed by atoms with van der Waals surface area (Å²) in [6.07, 6.45) is 6.77. The van der Waals surface area contributed by atoms with E-state index in [-0.39, 0.29) is 5.05 Å². The maximum absolute atomic E-state index is 9.42. The minimum absolute atomic E-state index is 0.0335. The van der Waals surface area contributed by atoms with E-state index in [1.54, 1.807) is 0 Å². The second-order valence-electron chi connectivity index (χ2n) is 5.97. The van der Waals surface area contributed by atoms with Crippen molar-refractivity contribution in [2.45, 2.75) is 44.9 Å². The highest BCUT2D eigenvalue weighted by molar-refractivity contribution is 7.80. The first-order chi connectivity index (χ1) is 10.6. The molecule has 1 aromatic heterocycles. The van der Waals surface area contributed by atoms with Crippen LogP contribution >= 0.6 is 23.6 Å². The van der Waals surface area contributed by atoms with Gasteiger partial charge in [-0.05, 0) is 61.7 Å². The number of thiophene rings is 1. The molecule has 1 fully saturated rings. The summed E-state index contributed by atoms with van der Waals surface area (Å²) in [5.74, 6) is 0.740. The quantitative estimate of drug-likeness (QED) is 0.666. The molecule has 4 heteroatoms. The van der Waals surface area contributed by atoms with E-state index in [1.807, 2.05) is 13.0 Å². The summed E-state index contributed by atoms with van der Waals surface area (Å²) in [6, 6.07) is 10.7. The van der Waals surface area contributed by atoms with Crippen molar-refractivity contribution in [3.63, 3.8) is 0 Å². The zero-order chi connectivity index (χ0) is 15.5. The predicted molar refractivity (Wildman–Crippen MR) is 98.9 cm³/mol. The fourth-order valence-corrected chi connectivity index (χ4v) is 4.14. The van der Waals surface area contributed by atoms with Crippen LogP contribution in [0.25, 0.3) is 0 Å². The Labute approximate surface area is 141 Å². The summed E-state index contributed by atoms with van der Waals surface area (Å²) in [5.41, 5.74) is 3.56. The largest absolute Gasteiger partial charge is 0.498 e. The number of hydrogen-bond acceptors (Lipinski definition) is 3. The molecule has 1 saturated carbocycles. The van der Waals surface area contributed by atoms with Gasteiger partial charge < -0.3 is 10.4 Å². The Hall–Kier alpha value is -1.39. The van der Waals surface area contributed by atoms with E-state index >= 15 is 0 Å². The van der Waals surface area contributed by atoms with Gasteiger partial charge in [-0.15, -0.1) is 11.3 Å². The third-order valence-electron chi connectivity index (χ3n) is 4.39. The summed E-state index contributed by atoms with van der Waals surface area (Å²) in [4.78, 5) is 1.87. The number of aliphatic hydroxyl groups is 1. The maximum Gasteiger partial charge on any atom is 0.199 e. The first kappa shape index (κ1) is 15.5. The van der Waals surface area contributed by atoms with Crippen LogP contribution < -0.4 is 5.32 Å². The predicted octanol–water partition coefficient (Wildman–Crippen LogP) is 6.08. The summed E-state index contributed by atoms with van der Waals surface area (Å²) in [7, 11) is 0. The highest BCUT2D eigenvalue weighted by atomic mass is 32.1. The molecule has 0 atom stereocenters. The standard InChI is InChI=1S/C18H21NOS2/c1-12-16(11-17(22-12)18(20)21)19-15-9-7-14(8-10-15)13-5-3-2-4-6-13/h7-11,13,19H,2-6H2,1H3,(H,20,21). The Balaban J connectivity index is 1.72. The summed E-state index contributed by atoms with van der Waals surface area (Å²) in [5, 5.41) is 12.8. The Kier molecular flexibility index (Phi) is 4.79. The van der Waals surface area contributed by atoms with Gasteiger partial charge >= 0.3 is 0 Å². The SMILES string of the molecule is Cc1sc(C(O)=S)cc1Nc1ccc(C2CCCCC2)cc1. The van der Waals surface area contributed by atoms with Crippen molar-refractivity contribution in [2.75, 3.05) is 5.32 Å². The normalized spacial score (nSPS) is 15.7. The van der Waals surface area contributed by atoms with Crippen molar-refractivity contribution >= 4 is 40.0 Å². The molecule has 0 amide bonds. The van der Waals surface area contributed by atoms with Crippen LogP contribution in [0.15, 0.2) is 30.3 Å². The molecule has 2 aromatic rings. The van der Waals surface area contributed by atoms with Gasteiger partial charge in [0.05, 0.1) is 10.6 Å². The van der Waals surface area contributed by atoms with E-state index in [4.69, 9.17) is 12.2 Å². The molecule has 2 nitrogen and oxygen atoms in total. The van der Waals surface area contributed by atoms with Crippen LogP contribution in [0, 0.1) is 6.92 Å². The highest BCUT2D eigenvalue weighted by Gasteiger charge is 2.15. The molecule has 0 saturated heterocycles. The number of aryl methyl sites for hydroxylation is 1. The van der Waals surface area contributed by atoms with E-state index in [2.05, 4.69) is 29.6 Å². The van der Waals surface area contributed by atoms with Gasteiger partial charge in [0.1, 0.15) is 0 Å². The van der Waals surface area contributed by atoms with Gasteiger partial charge in [0.25, 0.3) is 0 Å². The molecule has 116 valence electrons. The molecule has 2 N–H and O–H groups in total. The van der Waals surface area contributed by atoms with Gasteiger partial charge in [-0.25, -0.2) is 0 Å². The van der Waals surface area contributed by atoms with Crippen molar-refractivity contribution in [1.29, 1.82) is 0 Å². The number of anilines is 2. The molecule has 1 aromatic carbocycles. The molecule has 0 spiro atoms. The Bertz CT molecular complexity index is 654. The lowest BCUT2D eigenvalue weighted by Gasteiger charge is -2.22. The second-order valence-corrected chi connectivity index (χ2v) is 7.61. The van der Waals surface area contributed by atoms with E-state index in [0.717, 1.165) is 27.0 Å². The van der Waals surface area contributed by atoms with Crippen LogP contribution in [-0.4, -0.2) is 10.2 Å². The van der Waals surface area contributed by atoms with E-state index in [9.17, 15) is 5.11 Å². The number of aliphatic hydroxyl groups excluding tert-OH is 1. The molecule has 0 aliphatic heterocycles. The molecule has 0 bridgehead atoms. The zero-order valence-corrected chi connectivity index (χ0v) is 14.4. The number of thiocarbonyl (C=S) groups is 1. The Morgan fingerprint density at radius 1 is 1.18 bits per heavy atom. The van der Waals surface area contributed by atoms with Crippen molar-refractivity contribution in [1.82, 2.24) is 0 Å². The van der Waals surface area contributed by atoms with Crippen LogP contribution in [0.2, 0.25) is 0 Å². The number of benzene rings is 1. The minimum atomic E-state index is -0.0335. The molecule has 0 unspecified atom stereocenters. The van der Waals surface area contributed by atoms with Crippen LogP contribution in [0.3, 0.4) is 0 Å². The first-order valence-corrected chi connectivity index (χ1v) is 9.06. The highest BCUT2D eigenvalue weighted by Crippen LogP contribution is 2.34. The van der Waals surface area contributed by atoms with Gasteiger partial charge in [0.2, 0.25) is 0 Å². The van der Waals surface area contributed by atoms with Gasteiger partial charge in [-0.2, -0.15) is 0 Å². The summed E-state index contributed by atoms with van der Waals surface area (Å²) >= 11 is 6.34. The van der Waals surface area contributed by atoms with Crippen molar-refractivity contribution in [2.24, 2.45) is 0 Å². The smallest absolute Gasteiger partial charge is 0.199 e. The number of nitrogens with one attached hydrogen (secondary N) is 1. The van der Waals surface area contributed by atoms with Gasteiger partial charge in [0.15, 0.2) is 5.05 Å². The van der Waals surface area contributed by atoms with Crippen molar-refractivity contribution < 1.29 is 5.11 Å². The third kappa shape index (κ3) is 3.50. The molecular weight excluding hydrogens is 310 g/mol. The monoisotopic (exact) mass is 331 g/mol. The third-order valence-corrected chi connectivity index (χ3v) is 5.80. The summed E-state index contributed by atoms with van der Waals surface area (Å²) < 4.78 is 0. The molecule has 1 aliphatic rings. The van der Waals surface area contributed by atoms with Crippen LogP contribution in [0.1, 0.15) is 53.3 Å². The zero-order valence-electron chi connectivity index (χ0n) is 12.8. The molecule has 22 heavy (non-hydrogen) atoms. The first-order valence-electron chi connectivity index (χ1n) is 7.84. The van der Waals surface area contributed by atoms with E-state index in [1.165, 1.54) is 49.0 Å². The fraction of sp³-hybridized carbons (Fsp3) is 0.389. The lowest BCUT2D eigenvalue weighted by molar-refractivity contribution is 0.443. The molecule has 1 heterocycles. The van der Waals surface area contributed by atoms with Gasteiger partial charge in [-0.3, -0.25) is 0 Å². The van der Waals surface area contributed by atoms with Crippen LogP contribution in [-0.2, 0) is 0 Å². The van der Waals surface area contributed by atoms with Gasteiger partial charge in [0, 0.05) is 10.6 Å². The Morgan fingerprint density at radius 2 is 1.86 bits per heavy atom. The van der Waals surface area contributed by atoms with Crippen LogP contribution in [0.5, 0.6) is 0 Å². The topological polar surface area (TPSA) is 32.3 Å². The lowest BCUT2D eigenvalue weighted by atomic mass is 9.84. The average Bonchev–Trinajstić information content (AvgIpc) is 2.90. The second kappa shape index (κ2) is 6.80. The maximum atomic E-state index is 9.42. The summed E-state index contributed by atoms with van der Waals surface area (Å²) in [6.45, 7) is 2.03. The molecular formula is C18H21NOS2. The van der Waals surface area contributed by atoms with Crippen LogP contribution in [0.4, 0.5) is 11.4 Å².